The molecule has 1 aromatic carbocycles. The number of hydrogen-bond acceptors (Lipinski definition) is 3. The molecule has 0 bridgehead atoms. The van der Waals surface area contributed by atoms with Crippen LogP contribution in [-0.4, -0.2) is 55.0 Å². The first-order valence-corrected chi connectivity index (χ1v) is 8.05. The van der Waals surface area contributed by atoms with Crippen LogP contribution in [-0.2, 0) is 4.74 Å². The predicted octanol–water partition coefficient (Wildman–Crippen LogP) is 3.21. The van der Waals surface area contributed by atoms with Gasteiger partial charge in [-0.05, 0) is 24.6 Å². The minimum absolute atomic E-state index is 0.267. The lowest BCUT2D eigenvalue weighted by Gasteiger charge is -2.17. The van der Waals surface area contributed by atoms with Crippen LogP contribution in [0.1, 0.15) is 15.9 Å². The number of nitrogens with zero attached hydrogens (tertiary/aromatic N) is 1. The topological polar surface area (TPSA) is 58.6 Å². The minimum atomic E-state index is -4.66. The van der Waals surface area contributed by atoms with Gasteiger partial charge >= 0.3 is 12.3 Å². The van der Waals surface area contributed by atoms with E-state index in [1.54, 1.807) is 25.1 Å². The number of alkyl halides is 4. The van der Waals surface area contributed by atoms with Crippen molar-refractivity contribution in [1.82, 2.24) is 10.2 Å². The maximum atomic E-state index is 14.0. The summed E-state index contributed by atoms with van der Waals surface area (Å²) in [7, 11) is 0. The average molecular weight is 427 g/mol. The fourth-order valence-electron chi connectivity index (χ4n) is 2.37. The number of rotatable bonds is 3. The molecule has 2 atom stereocenters. The Morgan fingerprint density at radius 2 is 2.04 bits per heavy atom. The molecule has 0 radical (unpaired) electrons. The summed E-state index contributed by atoms with van der Waals surface area (Å²) >= 11 is 3.24. The summed E-state index contributed by atoms with van der Waals surface area (Å²) in [4.78, 5) is 24.6. The van der Waals surface area contributed by atoms with Gasteiger partial charge in [-0.15, -0.1) is 0 Å². The molecule has 0 saturated carbocycles. The molecule has 10 heteroatoms. The first kappa shape index (κ1) is 19.5. The Bertz CT molecular complexity index is 669. The number of halogens is 5. The van der Waals surface area contributed by atoms with E-state index >= 15 is 0 Å². The second-order valence-electron chi connectivity index (χ2n) is 5.63. The number of carbonyl (C=O) groups is 2. The number of likely N-dealkylation sites (tertiary alicyclic amines) is 1. The molecule has 2 amide bonds. The third-order valence-electron chi connectivity index (χ3n) is 3.63. The number of benzene rings is 1. The molecule has 1 N–H and O–H groups in total. The van der Waals surface area contributed by atoms with Crippen LogP contribution in [0.2, 0.25) is 0 Å². The largest absolute Gasteiger partial charge is 0.440 e. The molecule has 1 aliphatic rings. The van der Waals surface area contributed by atoms with Crippen LogP contribution < -0.4 is 5.32 Å². The highest BCUT2D eigenvalue weighted by Crippen LogP contribution is 2.20. The number of amides is 2. The summed E-state index contributed by atoms with van der Waals surface area (Å²) in [5, 5.41) is 2.46. The Morgan fingerprint density at radius 1 is 1.36 bits per heavy atom. The third kappa shape index (κ3) is 5.32. The van der Waals surface area contributed by atoms with Crippen molar-refractivity contribution in [3.8, 4) is 0 Å². The zero-order chi connectivity index (χ0) is 18.8. The minimum Gasteiger partial charge on any atom is -0.440 e. The number of nitrogens with one attached hydrogen (secondary N) is 1. The molecule has 1 saturated heterocycles. The zero-order valence-electron chi connectivity index (χ0n) is 13.1. The van der Waals surface area contributed by atoms with Crippen molar-refractivity contribution in [1.29, 1.82) is 0 Å². The van der Waals surface area contributed by atoms with Gasteiger partial charge in [0.1, 0.15) is 6.17 Å². The van der Waals surface area contributed by atoms with Gasteiger partial charge in [-0.1, -0.05) is 22.0 Å². The number of carbonyl (C=O) groups excluding carboxylic acids is 2. The van der Waals surface area contributed by atoms with Crippen molar-refractivity contribution < 1.29 is 31.9 Å². The Labute approximate surface area is 149 Å². The SMILES string of the molecule is Cc1ccc(Br)cc1C(=O)N[C@@H]1CN(C(=O)OCC(F)(F)F)C[C@@H]1F. The smallest absolute Gasteiger partial charge is 0.422 e. The van der Waals surface area contributed by atoms with E-state index in [1.165, 1.54) is 0 Å². The summed E-state index contributed by atoms with van der Waals surface area (Å²) < 4.78 is 55.0. The molecule has 0 spiro atoms. The number of hydrogen-bond donors (Lipinski definition) is 1. The predicted molar refractivity (Wildman–Crippen MR) is 84.0 cm³/mol. The van der Waals surface area contributed by atoms with Gasteiger partial charge in [-0.25, -0.2) is 9.18 Å². The first-order valence-electron chi connectivity index (χ1n) is 7.26. The van der Waals surface area contributed by atoms with Crippen molar-refractivity contribution in [2.75, 3.05) is 19.7 Å². The van der Waals surface area contributed by atoms with Crippen molar-refractivity contribution >= 4 is 27.9 Å². The highest BCUT2D eigenvalue weighted by Gasteiger charge is 2.39. The van der Waals surface area contributed by atoms with Crippen LogP contribution in [0.5, 0.6) is 0 Å². The summed E-state index contributed by atoms with van der Waals surface area (Å²) in [5.74, 6) is -0.531. The fraction of sp³-hybridized carbons (Fsp3) is 0.467. The summed E-state index contributed by atoms with van der Waals surface area (Å²) in [6, 6.07) is 4.01. The van der Waals surface area contributed by atoms with Crippen LogP contribution in [0.4, 0.5) is 22.4 Å². The van der Waals surface area contributed by atoms with E-state index < -0.39 is 43.5 Å². The number of aryl methyl sites for hydroxylation is 1. The van der Waals surface area contributed by atoms with E-state index in [2.05, 4.69) is 26.0 Å². The van der Waals surface area contributed by atoms with Gasteiger partial charge < -0.3 is 15.0 Å². The molecule has 0 aromatic heterocycles. The van der Waals surface area contributed by atoms with Gasteiger partial charge in [0.15, 0.2) is 6.61 Å². The van der Waals surface area contributed by atoms with Crippen molar-refractivity contribution in [2.45, 2.75) is 25.3 Å². The van der Waals surface area contributed by atoms with E-state index in [-0.39, 0.29) is 6.54 Å². The van der Waals surface area contributed by atoms with Gasteiger partial charge in [0.25, 0.3) is 5.91 Å². The summed E-state index contributed by atoms with van der Waals surface area (Å²) in [5.41, 5.74) is 1.01. The van der Waals surface area contributed by atoms with Crippen molar-refractivity contribution in [3.05, 3.63) is 33.8 Å². The highest BCUT2D eigenvalue weighted by atomic mass is 79.9. The van der Waals surface area contributed by atoms with Gasteiger partial charge in [-0.2, -0.15) is 13.2 Å². The van der Waals surface area contributed by atoms with Gasteiger partial charge in [0.2, 0.25) is 0 Å². The van der Waals surface area contributed by atoms with Crippen LogP contribution in [0.15, 0.2) is 22.7 Å². The molecule has 1 aliphatic heterocycles. The van der Waals surface area contributed by atoms with E-state index in [4.69, 9.17) is 0 Å². The monoisotopic (exact) mass is 426 g/mol. The molecule has 0 aliphatic carbocycles. The molecule has 2 rings (SSSR count). The standard InChI is InChI=1S/C15H15BrF4N2O3/c1-8-2-3-9(16)4-10(8)13(23)21-12-6-22(5-11(12)17)14(24)25-7-15(18,19)20/h2-4,11-12H,5-7H2,1H3,(H,21,23)/t11-,12+/m0/s1. The zero-order valence-corrected chi connectivity index (χ0v) is 14.7. The molecule has 0 unspecified atom stereocenters. The van der Waals surface area contributed by atoms with Crippen molar-refractivity contribution in [3.63, 3.8) is 0 Å². The third-order valence-corrected chi connectivity index (χ3v) is 4.12. The Balaban J connectivity index is 1.96. The highest BCUT2D eigenvalue weighted by molar-refractivity contribution is 9.10. The maximum Gasteiger partial charge on any atom is 0.422 e. The molecule has 1 heterocycles. The molecular formula is C15H15BrF4N2O3. The van der Waals surface area contributed by atoms with Gasteiger partial charge in [0.05, 0.1) is 12.6 Å². The first-order chi connectivity index (χ1) is 11.6. The lowest BCUT2D eigenvalue weighted by molar-refractivity contribution is -0.162. The normalized spacial score (nSPS) is 20.5. The summed E-state index contributed by atoms with van der Waals surface area (Å²) in [6.07, 6.45) is -7.53. The van der Waals surface area contributed by atoms with E-state index in [0.717, 1.165) is 4.90 Å². The Morgan fingerprint density at radius 3 is 2.68 bits per heavy atom. The molecular weight excluding hydrogens is 412 g/mol. The fourth-order valence-corrected chi connectivity index (χ4v) is 2.73. The second kappa shape index (κ2) is 7.59. The average Bonchev–Trinajstić information content (AvgIpc) is 2.87. The lowest BCUT2D eigenvalue weighted by atomic mass is 10.1. The van der Waals surface area contributed by atoms with Gasteiger partial charge in [-0.3, -0.25) is 4.79 Å². The number of ether oxygens (including phenoxy) is 1. The Hall–Kier alpha value is -1.84. The molecule has 1 aromatic rings. The van der Waals surface area contributed by atoms with Crippen molar-refractivity contribution in [2.24, 2.45) is 0 Å². The van der Waals surface area contributed by atoms with E-state index in [1.807, 2.05) is 0 Å². The van der Waals surface area contributed by atoms with Crippen LogP contribution >= 0.6 is 15.9 Å². The maximum absolute atomic E-state index is 14.0. The van der Waals surface area contributed by atoms with Crippen LogP contribution in [0.3, 0.4) is 0 Å². The molecule has 5 nitrogen and oxygen atoms in total. The summed E-state index contributed by atoms with van der Waals surface area (Å²) in [6.45, 7) is -0.743. The molecule has 138 valence electrons. The molecule has 25 heavy (non-hydrogen) atoms. The second-order valence-corrected chi connectivity index (χ2v) is 6.55. The molecule has 1 fully saturated rings. The van der Waals surface area contributed by atoms with Crippen LogP contribution in [0.25, 0.3) is 0 Å². The quantitative estimate of drug-likeness (QED) is 0.754. The Kier molecular flexibility index (Phi) is 5.91. The van der Waals surface area contributed by atoms with Crippen LogP contribution in [0, 0.1) is 6.92 Å². The lowest BCUT2D eigenvalue weighted by Crippen LogP contribution is -2.42. The van der Waals surface area contributed by atoms with E-state index in [0.29, 0.717) is 15.6 Å². The van der Waals surface area contributed by atoms with Gasteiger partial charge in [0, 0.05) is 16.6 Å². The van der Waals surface area contributed by atoms with E-state index in [9.17, 15) is 27.2 Å².